The van der Waals surface area contributed by atoms with Crippen LogP contribution in [-0.2, 0) is 0 Å². The summed E-state index contributed by atoms with van der Waals surface area (Å²) in [6, 6.07) is 0. The smallest absolute Gasteiger partial charge is 0.0348 e. The molecule has 75 valence electrons. The number of unbranched alkanes of at least 4 members (excludes halogenated alkanes) is 5. The minimum absolute atomic E-state index is 1.05. The lowest BCUT2D eigenvalue weighted by Crippen LogP contribution is -1.70. The van der Waals surface area contributed by atoms with Crippen molar-refractivity contribution in [2.24, 2.45) is 0 Å². The summed E-state index contributed by atoms with van der Waals surface area (Å²) in [6.07, 6.45) is 17.5. The number of hydrogen-bond donors (Lipinski definition) is 0. The van der Waals surface area contributed by atoms with Crippen molar-refractivity contribution in [2.45, 2.75) is 51.9 Å². The van der Waals surface area contributed by atoms with Gasteiger partial charge in [-0.15, -0.1) is 0 Å². The third kappa shape index (κ3) is 11.5. The Kier molecular flexibility index (Phi) is 11.0. The molecule has 0 aromatic rings. The fourth-order valence-corrected chi connectivity index (χ4v) is 1.12. The second kappa shape index (κ2) is 11.5. The zero-order chi connectivity index (χ0) is 9.78. The van der Waals surface area contributed by atoms with E-state index in [1.165, 1.54) is 38.5 Å². The van der Waals surface area contributed by atoms with Gasteiger partial charge in [-0.05, 0) is 25.7 Å². The first-order valence-electron chi connectivity index (χ1n) is 5.52. The van der Waals surface area contributed by atoms with Gasteiger partial charge in [0.25, 0.3) is 0 Å². The van der Waals surface area contributed by atoms with Crippen LogP contribution in [0.2, 0.25) is 0 Å². The summed E-state index contributed by atoms with van der Waals surface area (Å²) in [5.74, 6) is 0. The predicted molar refractivity (Wildman–Crippen MR) is 61.6 cm³/mol. The van der Waals surface area contributed by atoms with Crippen LogP contribution >= 0.6 is 0 Å². The summed E-state index contributed by atoms with van der Waals surface area (Å²) in [4.78, 5) is 0. The van der Waals surface area contributed by atoms with Gasteiger partial charge in [0.15, 0.2) is 0 Å². The van der Waals surface area contributed by atoms with Crippen LogP contribution < -0.4 is 0 Å². The Morgan fingerprint density at radius 1 is 0.923 bits per heavy atom. The van der Waals surface area contributed by atoms with E-state index in [0.29, 0.717) is 0 Å². The Bertz CT molecular complexity index is 131. The maximum atomic E-state index is 3.80. The standard InChI is InChI=1S/C13H23/c1-3-5-7-9-11-13-12-10-8-6-4-2/h9,11-13H,1,3-8,10H2,2H3/b11-9+,13-12+. The molecule has 0 saturated carbocycles. The quantitative estimate of drug-likeness (QED) is 0.375. The first-order valence-corrected chi connectivity index (χ1v) is 5.52. The predicted octanol–water partition coefficient (Wildman–Crippen LogP) is 4.68. The Labute approximate surface area is 83.7 Å². The first kappa shape index (κ1) is 12.5. The molecule has 0 aromatic heterocycles. The Morgan fingerprint density at radius 3 is 2.08 bits per heavy atom. The van der Waals surface area contributed by atoms with Crippen LogP contribution in [0.15, 0.2) is 24.3 Å². The number of allylic oxidation sites excluding steroid dienone is 4. The van der Waals surface area contributed by atoms with E-state index in [2.05, 4.69) is 38.2 Å². The van der Waals surface area contributed by atoms with Gasteiger partial charge in [0.2, 0.25) is 0 Å². The molecule has 0 saturated heterocycles. The van der Waals surface area contributed by atoms with Gasteiger partial charge in [0.05, 0.1) is 0 Å². The lowest BCUT2D eigenvalue weighted by atomic mass is 10.2. The van der Waals surface area contributed by atoms with Gasteiger partial charge in [-0.1, -0.05) is 57.4 Å². The molecule has 0 unspecified atom stereocenters. The van der Waals surface area contributed by atoms with E-state index in [9.17, 15) is 0 Å². The highest BCUT2D eigenvalue weighted by Gasteiger charge is 1.80. The SMILES string of the molecule is [CH2]CCC/C=C/C=C/CCCCC. The van der Waals surface area contributed by atoms with Crippen molar-refractivity contribution in [3.8, 4) is 0 Å². The Hall–Kier alpha value is -0.520. The van der Waals surface area contributed by atoms with Crippen LogP contribution in [0, 0.1) is 6.92 Å². The molecule has 0 aliphatic carbocycles. The van der Waals surface area contributed by atoms with Gasteiger partial charge < -0.3 is 0 Å². The maximum absolute atomic E-state index is 3.80. The van der Waals surface area contributed by atoms with E-state index in [1.807, 2.05) is 0 Å². The molecule has 0 fully saturated rings. The topological polar surface area (TPSA) is 0 Å². The fourth-order valence-electron chi connectivity index (χ4n) is 1.12. The van der Waals surface area contributed by atoms with Crippen molar-refractivity contribution in [1.82, 2.24) is 0 Å². The summed E-state index contributed by atoms with van der Waals surface area (Å²) in [6.45, 7) is 6.04. The van der Waals surface area contributed by atoms with Crippen molar-refractivity contribution >= 4 is 0 Å². The largest absolute Gasteiger partial charge is 0.0845 e. The molecule has 0 bridgehead atoms. The average molecular weight is 179 g/mol. The van der Waals surface area contributed by atoms with E-state index in [4.69, 9.17) is 0 Å². The van der Waals surface area contributed by atoms with Gasteiger partial charge in [-0.3, -0.25) is 0 Å². The molecule has 0 heteroatoms. The van der Waals surface area contributed by atoms with Gasteiger partial charge in [0, 0.05) is 0 Å². The van der Waals surface area contributed by atoms with E-state index < -0.39 is 0 Å². The average Bonchev–Trinajstić information content (AvgIpc) is 2.16. The molecular formula is C13H23. The second-order valence-corrected chi connectivity index (χ2v) is 3.35. The molecule has 0 aliphatic rings. The van der Waals surface area contributed by atoms with Gasteiger partial charge in [-0.2, -0.15) is 0 Å². The van der Waals surface area contributed by atoms with Crippen LogP contribution in [0.4, 0.5) is 0 Å². The fraction of sp³-hybridized carbons (Fsp3) is 0.615. The Balaban J connectivity index is 3.15. The van der Waals surface area contributed by atoms with Crippen LogP contribution in [0.3, 0.4) is 0 Å². The van der Waals surface area contributed by atoms with E-state index in [1.54, 1.807) is 0 Å². The molecular weight excluding hydrogens is 156 g/mol. The van der Waals surface area contributed by atoms with Crippen LogP contribution in [-0.4, -0.2) is 0 Å². The third-order valence-electron chi connectivity index (χ3n) is 1.98. The highest BCUT2D eigenvalue weighted by molar-refractivity contribution is 5.02. The zero-order valence-electron chi connectivity index (χ0n) is 8.97. The summed E-state index contributed by atoms with van der Waals surface area (Å²) >= 11 is 0. The van der Waals surface area contributed by atoms with Crippen molar-refractivity contribution < 1.29 is 0 Å². The highest BCUT2D eigenvalue weighted by Crippen LogP contribution is 2.00. The maximum Gasteiger partial charge on any atom is -0.0348 e. The summed E-state index contributed by atoms with van der Waals surface area (Å²) in [5.41, 5.74) is 0. The molecule has 0 spiro atoms. The lowest BCUT2D eigenvalue weighted by Gasteiger charge is -1.90. The zero-order valence-corrected chi connectivity index (χ0v) is 8.97. The van der Waals surface area contributed by atoms with Crippen LogP contribution in [0.25, 0.3) is 0 Å². The van der Waals surface area contributed by atoms with Gasteiger partial charge >= 0.3 is 0 Å². The molecule has 1 radical (unpaired) electrons. The summed E-state index contributed by atoms with van der Waals surface area (Å²) in [5, 5.41) is 0. The summed E-state index contributed by atoms with van der Waals surface area (Å²) < 4.78 is 0. The molecule has 13 heavy (non-hydrogen) atoms. The second-order valence-electron chi connectivity index (χ2n) is 3.35. The molecule has 0 heterocycles. The monoisotopic (exact) mass is 179 g/mol. The molecule has 0 rings (SSSR count). The minimum Gasteiger partial charge on any atom is -0.0845 e. The van der Waals surface area contributed by atoms with Crippen LogP contribution in [0.1, 0.15) is 51.9 Å². The summed E-state index contributed by atoms with van der Waals surface area (Å²) in [7, 11) is 0. The van der Waals surface area contributed by atoms with Gasteiger partial charge in [-0.25, -0.2) is 0 Å². The normalized spacial score (nSPS) is 11.8. The number of hydrogen-bond acceptors (Lipinski definition) is 0. The van der Waals surface area contributed by atoms with E-state index in [-0.39, 0.29) is 0 Å². The highest BCUT2D eigenvalue weighted by atomic mass is 13.9. The molecule has 0 N–H and O–H groups in total. The molecule has 0 amide bonds. The van der Waals surface area contributed by atoms with Crippen LogP contribution in [0.5, 0.6) is 0 Å². The van der Waals surface area contributed by atoms with Crippen molar-refractivity contribution in [2.75, 3.05) is 0 Å². The lowest BCUT2D eigenvalue weighted by molar-refractivity contribution is 0.729. The molecule has 0 aliphatic heterocycles. The van der Waals surface area contributed by atoms with Crippen molar-refractivity contribution in [3.05, 3.63) is 31.2 Å². The third-order valence-corrected chi connectivity index (χ3v) is 1.98. The van der Waals surface area contributed by atoms with Crippen molar-refractivity contribution in [1.29, 1.82) is 0 Å². The first-order chi connectivity index (χ1) is 6.41. The molecule has 0 atom stereocenters. The van der Waals surface area contributed by atoms with Crippen molar-refractivity contribution in [3.63, 3.8) is 0 Å². The van der Waals surface area contributed by atoms with E-state index in [0.717, 1.165) is 6.42 Å². The molecule has 0 nitrogen and oxygen atoms in total. The number of rotatable bonds is 8. The minimum atomic E-state index is 1.05. The Morgan fingerprint density at radius 2 is 1.54 bits per heavy atom. The molecule has 0 aromatic carbocycles. The van der Waals surface area contributed by atoms with E-state index >= 15 is 0 Å². The van der Waals surface area contributed by atoms with Gasteiger partial charge in [0.1, 0.15) is 0 Å².